The van der Waals surface area contributed by atoms with E-state index in [0.717, 1.165) is 29.1 Å². The minimum Gasteiger partial charge on any atom is -0.389 e. The number of nitrogens with zero attached hydrogens (tertiary/aromatic N) is 4. The molecule has 0 bridgehead atoms. The Balaban J connectivity index is 1.59. The lowest BCUT2D eigenvalue weighted by atomic mass is 10.1. The van der Waals surface area contributed by atoms with Gasteiger partial charge in [0.15, 0.2) is 0 Å². The van der Waals surface area contributed by atoms with Gasteiger partial charge in [-0.1, -0.05) is 11.6 Å². The maximum Gasteiger partial charge on any atom is 0.227 e. The molecule has 2 heterocycles. The third kappa shape index (κ3) is 5.64. The zero-order valence-corrected chi connectivity index (χ0v) is 17.8. The van der Waals surface area contributed by atoms with Gasteiger partial charge >= 0.3 is 0 Å². The number of rotatable bonds is 8. The monoisotopic (exact) mass is 424 g/mol. The minimum absolute atomic E-state index is 0.373. The van der Waals surface area contributed by atoms with Crippen molar-refractivity contribution >= 4 is 29.2 Å². The second kappa shape index (κ2) is 8.53. The molecule has 3 N–H and O–H groups in total. The molecule has 156 valence electrons. The predicted octanol–water partition coefficient (Wildman–Crippen LogP) is 4.47. The van der Waals surface area contributed by atoms with Gasteiger partial charge in [0.2, 0.25) is 11.9 Å². The van der Waals surface area contributed by atoms with E-state index in [2.05, 4.69) is 25.6 Å². The van der Waals surface area contributed by atoms with Crippen LogP contribution >= 0.6 is 11.6 Å². The van der Waals surface area contributed by atoms with Gasteiger partial charge in [0, 0.05) is 35.2 Å². The summed E-state index contributed by atoms with van der Waals surface area (Å²) >= 11 is 5.95. The van der Waals surface area contributed by atoms with Crippen LogP contribution in [-0.2, 0) is 6.42 Å². The Kier molecular flexibility index (Phi) is 5.83. The van der Waals surface area contributed by atoms with Gasteiger partial charge in [0.25, 0.3) is 0 Å². The summed E-state index contributed by atoms with van der Waals surface area (Å²) < 4.78 is 0. The summed E-state index contributed by atoms with van der Waals surface area (Å²) in [6.07, 6.45) is 6.86. The lowest BCUT2D eigenvalue weighted by Gasteiger charge is -2.18. The Morgan fingerprint density at radius 2 is 1.83 bits per heavy atom. The third-order valence-electron chi connectivity index (χ3n) is 4.76. The van der Waals surface area contributed by atoms with Gasteiger partial charge < -0.3 is 15.7 Å². The van der Waals surface area contributed by atoms with E-state index < -0.39 is 5.60 Å². The normalized spacial score (nSPS) is 13.9. The van der Waals surface area contributed by atoms with Gasteiger partial charge in [-0.15, -0.1) is 0 Å². The Labute approximate surface area is 181 Å². The summed E-state index contributed by atoms with van der Waals surface area (Å²) in [6.45, 7) is 3.86. The highest BCUT2D eigenvalue weighted by molar-refractivity contribution is 6.30. The molecular formula is C22H25ClN6O. The quantitative estimate of drug-likeness (QED) is 0.491. The lowest BCUT2D eigenvalue weighted by molar-refractivity contribution is 0.0943. The first-order chi connectivity index (χ1) is 14.4. The fourth-order valence-electron chi connectivity index (χ4n) is 2.99. The van der Waals surface area contributed by atoms with E-state index in [9.17, 15) is 5.11 Å². The molecule has 30 heavy (non-hydrogen) atoms. The zero-order valence-electron chi connectivity index (χ0n) is 17.1. The molecule has 3 aromatic rings. The first kappa shape index (κ1) is 20.5. The van der Waals surface area contributed by atoms with Crippen LogP contribution in [0.25, 0.3) is 11.3 Å². The average Bonchev–Trinajstić information content (AvgIpc) is 3.52. The Morgan fingerprint density at radius 3 is 2.53 bits per heavy atom. The van der Waals surface area contributed by atoms with Crippen molar-refractivity contribution in [3.05, 3.63) is 53.4 Å². The third-order valence-corrected chi connectivity index (χ3v) is 5.01. The van der Waals surface area contributed by atoms with Gasteiger partial charge in [-0.2, -0.15) is 0 Å². The van der Waals surface area contributed by atoms with Gasteiger partial charge in [-0.05, 0) is 69.4 Å². The van der Waals surface area contributed by atoms with E-state index in [4.69, 9.17) is 16.6 Å². The number of benzene rings is 1. The van der Waals surface area contributed by atoms with E-state index in [1.54, 1.807) is 26.2 Å². The van der Waals surface area contributed by atoms with E-state index in [0.29, 0.717) is 29.4 Å². The van der Waals surface area contributed by atoms with Gasteiger partial charge in [-0.3, -0.25) is 0 Å². The lowest BCUT2D eigenvalue weighted by Crippen LogP contribution is -2.30. The van der Waals surface area contributed by atoms with Crippen molar-refractivity contribution in [2.45, 2.75) is 38.7 Å². The number of nitrogens with one attached hydrogen (secondary N) is 2. The first-order valence-corrected chi connectivity index (χ1v) is 10.4. The highest BCUT2D eigenvalue weighted by Crippen LogP contribution is 2.35. The molecule has 0 unspecified atom stereocenters. The molecule has 0 radical (unpaired) electrons. The van der Waals surface area contributed by atoms with Crippen molar-refractivity contribution in [1.82, 2.24) is 19.9 Å². The molecule has 8 heteroatoms. The van der Waals surface area contributed by atoms with E-state index in [1.807, 2.05) is 30.3 Å². The molecule has 0 saturated heterocycles. The second-order valence-corrected chi connectivity index (χ2v) is 8.70. The number of anilines is 3. The molecule has 0 amide bonds. The van der Waals surface area contributed by atoms with Gasteiger partial charge in [0.05, 0.1) is 17.0 Å². The van der Waals surface area contributed by atoms with Crippen LogP contribution < -0.4 is 10.6 Å². The standard InChI is InChI=1S/C22H25ClN6O/c1-22(2,30)13-26-20-25-12-17(19(29-20)11-14-3-4-14)18-9-10-24-21(28-18)27-16-7-5-15(23)6-8-16/h5-10,12,14,30H,3-4,11,13H2,1-2H3,(H,24,27,28)(H,25,26,29). The number of halogens is 1. The summed E-state index contributed by atoms with van der Waals surface area (Å²) in [6, 6.07) is 9.25. The summed E-state index contributed by atoms with van der Waals surface area (Å²) in [5.74, 6) is 1.68. The van der Waals surface area contributed by atoms with Crippen molar-refractivity contribution in [1.29, 1.82) is 0 Å². The van der Waals surface area contributed by atoms with Crippen LogP contribution in [0.3, 0.4) is 0 Å². The van der Waals surface area contributed by atoms with Crippen LogP contribution in [0.4, 0.5) is 17.6 Å². The van der Waals surface area contributed by atoms with Crippen molar-refractivity contribution in [2.75, 3.05) is 17.2 Å². The van der Waals surface area contributed by atoms with Crippen LogP contribution in [0.2, 0.25) is 5.02 Å². The number of aromatic nitrogens is 4. The first-order valence-electron chi connectivity index (χ1n) is 10.0. The van der Waals surface area contributed by atoms with Crippen molar-refractivity contribution in [3.8, 4) is 11.3 Å². The summed E-state index contributed by atoms with van der Waals surface area (Å²) in [5.41, 5.74) is 2.65. The van der Waals surface area contributed by atoms with E-state index in [-0.39, 0.29) is 0 Å². The van der Waals surface area contributed by atoms with Crippen LogP contribution in [-0.4, -0.2) is 37.2 Å². The SMILES string of the molecule is CC(C)(O)CNc1ncc(-c2ccnc(Nc3ccc(Cl)cc3)n2)c(CC2CC2)n1. The van der Waals surface area contributed by atoms with Crippen LogP contribution in [0.5, 0.6) is 0 Å². The van der Waals surface area contributed by atoms with Gasteiger partial charge in [0.1, 0.15) is 0 Å². The maximum absolute atomic E-state index is 9.95. The summed E-state index contributed by atoms with van der Waals surface area (Å²) in [5, 5.41) is 16.9. The molecule has 1 aliphatic carbocycles. The largest absolute Gasteiger partial charge is 0.389 e. The zero-order chi connectivity index (χ0) is 21.1. The number of hydrogen-bond donors (Lipinski definition) is 3. The van der Waals surface area contributed by atoms with Crippen LogP contribution in [0.1, 0.15) is 32.4 Å². The molecule has 1 aromatic carbocycles. The smallest absolute Gasteiger partial charge is 0.227 e. The second-order valence-electron chi connectivity index (χ2n) is 8.26. The van der Waals surface area contributed by atoms with E-state index in [1.165, 1.54) is 12.8 Å². The summed E-state index contributed by atoms with van der Waals surface area (Å²) in [7, 11) is 0. The molecule has 7 nitrogen and oxygen atoms in total. The molecule has 2 aromatic heterocycles. The van der Waals surface area contributed by atoms with Crippen LogP contribution in [0, 0.1) is 5.92 Å². The van der Waals surface area contributed by atoms with E-state index >= 15 is 0 Å². The minimum atomic E-state index is -0.840. The highest BCUT2D eigenvalue weighted by atomic mass is 35.5. The molecule has 4 rings (SSSR count). The van der Waals surface area contributed by atoms with Crippen molar-refractivity contribution in [2.24, 2.45) is 5.92 Å². The molecule has 1 aliphatic rings. The number of hydrogen-bond acceptors (Lipinski definition) is 7. The predicted molar refractivity (Wildman–Crippen MR) is 119 cm³/mol. The topological polar surface area (TPSA) is 95.8 Å². The highest BCUT2D eigenvalue weighted by Gasteiger charge is 2.25. The Morgan fingerprint density at radius 1 is 1.07 bits per heavy atom. The molecular weight excluding hydrogens is 400 g/mol. The molecule has 0 aliphatic heterocycles. The number of aliphatic hydroxyl groups is 1. The molecule has 1 saturated carbocycles. The van der Waals surface area contributed by atoms with Crippen LogP contribution in [0.15, 0.2) is 42.7 Å². The maximum atomic E-state index is 9.95. The summed E-state index contributed by atoms with van der Waals surface area (Å²) in [4.78, 5) is 18.2. The van der Waals surface area contributed by atoms with Crippen molar-refractivity contribution in [3.63, 3.8) is 0 Å². The fraction of sp³-hybridized carbons (Fsp3) is 0.364. The average molecular weight is 425 g/mol. The molecule has 1 fully saturated rings. The van der Waals surface area contributed by atoms with Gasteiger partial charge in [-0.25, -0.2) is 19.9 Å². The molecule has 0 spiro atoms. The Bertz CT molecular complexity index is 1010. The Hall–Kier alpha value is -2.77. The molecule has 0 atom stereocenters. The van der Waals surface area contributed by atoms with Crippen molar-refractivity contribution < 1.29 is 5.11 Å². The fourth-order valence-corrected chi connectivity index (χ4v) is 3.12.